The van der Waals surface area contributed by atoms with E-state index in [1.165, 1.54) is 29.5 Å². The summed E-state index contributed by atoms with van der Waals surface area (Å²) in [4.78, 5) is 3.89. The van der Waals surface area contributed by atoms with Crippen molar-refractivity contribution in [2.24, 2.45) is 0 Å². The van der Waals surface area contributed by atoms with Crippen molar-refractivity contribution in [3.8, 4) is 0 Å². The van der Waals surface area contributed by atoms with Crippen molar-refractivity contribution < 1.29 is 30.9 Å². The lowest BCUT2D eigenvalue weighted by Gasteiger charge is -2.28. The van der Waals surface area contributed by atoms with E-state index in [0.29, 0.717) is 5.56 Å². The molecule has 2 aromatic carbocycles. The molecule has 1 aliphatic rings. The number of aryl methyl sites for hydroxylation is 1. The molecule has 3 aromatic rings. The highest BCUT2D eigenvalue weighted by atomic mass is 32.2. The van der Waals surface area contributed by atoms with Crippen molar-refractivity contribution in [3.63, 3.8) is 0 Å². The van der Waals surface area contributed by atoms with Crippen LogP contribution in [-0.2, 0) is 36.1 Å². The van der Waals surface area contributed by atoms with Crippen molar-refractivity contribution in [1.29, 1.82) is 0 Å². The van der Waals surface area contributed by atoms with Crippen LogP contribution >= 0.6 is 0 Å². The highest BCUT2D eigenvalue weighted by molar-refractivity contribution is 7.86. The topological polar surface area (TPSA) is 92.5 Å². The fraction of sp³-hybridized carbons (Fsp3) is 0.300. The minimum Gasteiger partial charge on any atom is -0.341 e. The van der Waals surface area contributed by atoms with Gasteiger partial charge in [-0.2, -0.15) is 13.5 Å². The fourth-order valence-corrected chi connectivity index (χ4v) is 4.51. The Hall–Kier alpha value is -2.73. The number of rotatable bonds is 7. The molecule has 11 heteroatoms. The molecule has 0 N–H and O–H groups in total. The Bertz CT molecular complexity index is 1170. The Morgan fingerprint density at radius 1 is 1.26 bits per heavy atom. The first-order valence-electron chi connectivity index (χ1n) is 9.34. The number of hydrogen-bond donors (Lipinski definition) is 0. The van der Waals surface area contributed by atoms with Crippen LogP contribution in [0.1, 0.15) is 11.1 Å². The van der Waals surface area contributed by atoms with Gasteiger partial charge < -0.3 is 9.47 Å². The van der Waals surface area contributed by atoms with Gasteiger partial charge in [0.05, 0.1) is 18.1 Å². The minimum atomic E-state index is -4.03. The van der Waals surface area contributed by atoms with Gasteiger partial charge in [-0.1, -0.05) is 18.2 Å². The monoisotopic (exact) mass is 451 g/mol. The minimum absolute atomic E-state index is 0.0475. The fourth-order valence-electron chi connectivity index (χ4n) is 3.35. The molecule has 1 aromatic heterocycles. The van der Waals surface area contributed by atoms with E-state index in [0.717, 1.165) is 12.1 Å². The SMILES string of the molecule is Cc1ccccc1S(=O)(=O)OCC1COC(Cn2cncn2)(c2ccc(F)cc2F)O1. The molecule has 8 nitrogen and oxygen atoms in total. The summed E-state index contributed by atoms with van der Waals surface area (Å²) in [6.07, 6.45) is 1.85. The maximum atomic E-state index is 14.6. The average Bonchev–Trinajstić information content (AvgIpc) is 3.37. The maximum Gasteiger partial charge on any atom is 0.297 e. The van der Waals surface area contributed by atoms with Crippen molar-refractivity contribution in [2.75, 3.05) is 13.2 Å². The van der Waals surface area contributed by atoms with Crippen molar-refractivity contribution in [3.05, 3.63) is 77.9 Å². The van der Waals surface area contributed by atoms with Crippen LogP contribution in [-0.4, -0.2) is 42.5 Å². The second kappa shape index (κ2) is 8.42. The van der Waals surface area contributed by atoms with Crippen molar-refractivity contribution in [2.45, 2.75) is 30.3 Å². The first-order valence-corrected chi connectivity index (χ1v) is 10.7. The van der Waals surface area contributed by atoms with Crippen LogP contribution in [0.3, 0.4) is 0 Å². The summed E-state index contributed by atoms with van der Waals surface area (Å²) >= 11 is 0. The van der Waals surface area contributed by atoms with Crippen LogP contribution in [0.2, 0.25) is 0 Å². The molecule has 1 fully saturated rings. The van der Waals surface area contributed by atoms with Gasteiger partial charge in [-0.3, -0.25) is 4.18 Å². The van der Waals surface area contributed by atoms with Gasteiger partial charge in [-0.25, -0.2) is 18.4 Å². The zero-order valence-corrected chi connectivity index (χ0v) is 17.3. The molecule has 0 aliphatic carbocycles. The predicted octanol–water partition coefficient (Wildman–Crippen LogP) is 2.54. The average molecular weight is 451 g/mol. The first kappa shape index (κ1) is 21.5. The van der Waals surface area contributed by atoms with E-state index in [1.54, 1.807) is 25.1 Å². The normalized spacial score (nSPS) is 21.5. The molecule has 4 rings (SSSR count). The van der Waals surface area contributed by atoms with Crippen LogP contribution in [0.25, 0.3) is 0 Å². The molecule has 2 atom stereocenters. The van der Waals surface area contributed by atoms with E-state index in [2.05, 4.69) is 10.1 Å². The maximum absolute atomic E-state index is 14.6. The Kier molecular flexibility index (Phi) is 5.84. The van der Waals surface area contributed by atoms with E-state index in [-0.39, 0.29) is 30.2 Å². The van der Waals surface area contributed by atoms with Crippen LogP contribution in [0.15, 0.2) is 60.0 Å². The van der Waals surface area contributed by atoms with Crippen LogP contribution in [0.5, 0.6) is 0 Å². The summed E-state index contributed by atoms with van der Waals surface area (Å²) < 4.78 is 71.3. The van der Waals surface area contributed by atoms with Gasteiger partial charge in [-0.15, -0.1) is 0 Å². The lowest BCUT2D eigenvalue weighted by Crippen LogP contribution is -2.35. The largest absolute Gasteiger partial charge is 0.341 e. The molecule has 0 spiro atoms. The van der Waals surface area contributed by atoms with Gasteiger partial charge in [0.25, 0.3) is 10.1 Å². The lowest BCUT2D eigenvalue weighted by atomic mass is 10.0. The molecule has 1 aliphatic heterocycles. The van der Waals surface area contributed by atoms with Gasteiger partial charge in [0.2, 0.25) is 5.79 Å². The Labute approximate surface area is 177 Å². The number of ether oxygens (including phenoxy) is 2. The summed E-state index contributed by atoms with van der Waals surface area (Å²) in [5.41, 5.74) is 0.494. The van der Waals surface area contributed by atoms with Crippen LogP contribution < -0.4 is 0 Å². The molecule has 2 heterocycles. The summed E-state index contributed by atoms with van der Waals surface area (Å²) in [5.74, 6) is -3.28. The highest BCUT2D eigenvalue weighted by Gasteiger charge is 2.46. The van der Waals surface area contributed by atoms with E-state index < -0.39 is 33.6 Å². The third kappa shape index (κ3) is 4.49. The van der Waals surface area contributed by atoms with E-state index in [9.17, 15) is 17.2 Å². The molecule has 2 unspecified atom stereocenters. The Morgan fingerprint density at radius 3 is 2.77 bits per heavy atom. The third-order valence-electron chi connectivity index (χ3n) is 4.81. The lowest BCUT2D eigenvalue weighted by molar-refractivity contribution is -0.192. The third-order valence-corrected chi connectivity index (χ3v) is 6.25. The summed E-state index contributed by atoms with van der Waals surface area (Å²) in [7, 11) is -4.03. The predicted molar refractivity (Wildman–Crippen MR) is 103 cm³/mol. The summed E-state index contributed by atoms with van der Waals surface area (Å²) in [6, 6.07) is 9.44. The van der Waals surface area contributed by atoms with Crippen molar-refractivity contribution >= 4 is 10.1 Å². The van der Waals surface area contributed by atoms with Gasteiger partial charge in [0.15, 0.2) is 0 Å². The molecule has 0 radical (unpaired) electrons. The standard InChI is InChI=1S/C20H19F2N3O5S/c1-14-4-2-3-5-19(14)31(26,27)29-10-16-9-28-20(30-16,11-25-13-23-12-24-25)17-7-6-15(21)8-18(17)22/h2-8,12-13,16H,9-11H2,1H3. The number of aromatic nitrogens is 3. The summed E-state index contributed by atoms with van der Waals surface area (Å²) in [5, 5.41) is 3.98. The molecule has 0 saturated carbocycles. The second-order valence-corrected chi connectivity index (χ2v) is 8.61. The van der Waals surface area contributed by atoms with Crippen molar-refractivity contribution in [1.82, 2.24) is 14.8 Å². The molecular formula is C20H19F2N3O5S. The van der Waals surface area contributed by atoms with E-state index >= 15 is 0 Å². The zero-order chi connectivity index (χ0) is 22.1. The smallest absolute Gasteiger partial charge is 0.297 e. The zero-order valence-electron chi connectivity index (χ0n) is 16.4. The Morgan fingerprint density at radius 2 is 2.06 bits per heavy atom. The molecule has 164 valence electrons. The number of hydrogen-bond acceptors (Lipinski definition) is 7. The molecular weight excluding hydrogens is 432 g/mol. The summed E-state index contributed by atoms with van der Waals surface area (Å²) in [6.45, 7) is 1.15. The molecule has 0 bridgehead atoms. The first-order chi connectivity index (χ1) is 14.8. The van der Waals surface area contributed by atoms with Gasteiger partial charge >= 0.3 is 0 Å². The van der Waals surface area contributed by atoms with Gasteiger partial charge in [0.1, 0.15) is 36.9 Å². The quantitative estimate of drug-likeness (QED) is 0.510. The highest BCUT2D eigenvalue weighted by Crippen LogP contribution is 2.38. The molecule has 1 saturated heterocycles. The number of nitrogens with zero attached hydrogens (tertiary/aromatic N) is 3. The second-order valence-electron chi connectivity index (χ2n) is 7.03. The molecule has 0 amide bonds. The molecule has 31 heavy (non-hydrogen) atoms. The van der Waals surface area contributed by atoms with E-state index in [4.69, 9.17) is 13.7 Å². The number of benzene rings is 2. The van der Waals surface area contributed by atoms with Gasteiger partial charge in [-0.05, 0) is 30.7 Å². The van der Waals surface area contributed by atoms with Crippen LogP contribution in [0, 0.1) is 18.6 Å². The van der Waals surface area contributed by atoms with E-state index in [1.807, 2.05) is 0 Å². The Balaban J connectivity index is 1.55. The van der Waals surface area contributed by atoms with Gasteiger partial charge in [0, 0.05) is 11.6 Å². The van der Waals surface area contributed by atoms with Crippen LogP contribution in [0.4, 0.5) is 8.78 Å². The number of halogens is 2.